The molecule has 1 aliphatic heterocycles. The molecule has 0 aromatic heterocycles. The fraction of sp³-hybridized carbons (Fsp3) is 0.739. The Balaban J connectivity index is 1.62. The molecular formula is C23H38O3. The zero-order valence-electron chi connectivity index (χ0n) is 16.9. The van der Waals surface area contributed by atoms with Crippen LogP contribution in [-0.2, 0) is 9.47 Å². The van der Waals surface area contributed by atoms with Crippen LogP contribution in [-0.4, -0.2) is 19.8 Å². The lowest BCUT2D eigenvalue weighted by molar-refractivity contribution is -0.206. The molecule has 2 rings (SSSR count). The number of benzene rings is 1. The Hall–Kier alpha value is -1.06. The molecule has 1 saturated heterocycles. The minimum Gasteiger partial charge on any atom is -0.494 e. The van der Waals surface area contributed by atoms with E-state index in [2.05, 4.69) is 26.0 Å². The molecule has 1 aromatic rings. The Morgan fingerprint density at radius 1 is 0.808 bits per heavy atom. The lowest BCUT2D eigenvalue weighted by Crippen LogP contribution is -2.27. The van der Waals surface area contributed by atoms with Crippen LogP contribution in [0.25, 0.3) is 0 Å². The molecule has 1 fully saturated rings. The van der Waals surface area contributed by atoms with Crippen LogP contribution >= 0.6 is 0 Å². The van der Waals surface area contributed by atoms with E-state index >= 15 is 0 Å². The minimum absolute atomic E-state index is 0.218. The van der Waals surface area contributed by atoms with Crippen molar-refractivity contribution in [3.63, 3.8) is 0 Å². The van der Waals surface area contributed by atoms with E-state index in [1.165, 1.54) is 57.8 Å². The average Bonchev–Trinajstić information content (AvgIpc) is 2.69. The fourth-order valence-corrected chi connectivity index (χ4v) is 3.38. The van der Waals surface area contributed by atoms with Crippen LogP contribution < -0.4 is 4.74 Å². The molecule has 0 saturated carbocycles. The van der Waals surface area contributed by atoms with Gasteiger partial charge in [-0.15, -0.1) is 0 Å². The monoisotopic (exact) mass is 362 g/mol. The Labute approximate surface area is 160 Å². The summed E-state index contributed by atoms with van der Waals surface area (Å²) < 4.78 is 17.7. The SMILES string of the molecule is CCCCCCCOc1ccc(C2OCC(CCCCCC)CO2)cc1. The molecule has 0 aliphatic carbocycles. The van der Waals surface area contributed by atoms with E-state index < -0.39 is 0 Å². The normalized spacial score (nSPS) is 20.2. The lowest BCUT2D eigenvalue weighted by atomic mass is 10.0. The zero-order valence-corrected chi connectivity index (χ0v) is 16.9. The van der Waals surface area contributed by atoms with Crippen LogP contribution in [0.5, 0.6) is 5.75 Å². The molecule has 0 amide bonds. The third kappa shape index (κ3) is 8.09. The van der Waals surface area contributed by atoms with Crippen molar-refractivity contribution in [3.05, 3.63) is 29.8 Å². The third-order valence-corrected chi connectivity index (χ3v) is 5.10. The van der Waals surface area contributed by atoms with Gasteiger partial charge in [-0.05, 0) is 25.0 Å². The van der Waals surface area contributed by atoms with Crippen molar-refractivity contribution in [1.29, 1.82) is 0 Å². The number of rotatable bonds is 13. The average molecular weight is 363 g/mol. The van der Waals surface area contributed by atoms with Gasteiger partial charge in [-0.1, -0.05) is 77.3 Å². The van der Waals surface area contributed by atoms with Crippen LogP contribution in [0.4, 0.5) is 0 Å². The van der Waals surface area contributed by atoms with E-state index in [9.17, 15) is 0 Å². The van der Waals surface area contributed by atoms with E-state index in [1.54, 1.807) is 0 Å². The van der Waals surface area contributed by atoms with Gasteiger partial charge in [0.15, 0.2) is 6.29 Å². The van der Waals surface area contributed by atoms with Crippen molar-refractivity contribution in [1.82, 2.24) is 0 Å². The van der Waals surface area contributed by atoms with E-state index in [0.29, 0.717) is 5.92 Å². The summed E-state index contributed by atoms with van der Waals surface area (Å²) in [5.74, 6) is 1.49. The largest absolute Gasteiger partial charge is 0.494 e. The molecule has 148 valence electrons. The first-order valence-corrected chi connectivity index (χ1v) is 10.8. The Morgan fingerprint density at radius 2 is 1.42 bits per heavy atom. The van der Waals surface area contributed by atoms with Gasteiger partial charge < -0.3 is 14.2 Å². The molecule has 0 spiro atoms. The zero-order chi connectivity index (χ0) is 18.5. The molecule has 1 aromatic carbocycles. The Bertz CT molecular complexity index is 449. The van der Waals surface area contributed by atoms with Gasteiger partial charge in [0, 0.05) is 11.5 Å². The minimum atomic E-state index is -0.218. The second kappa shape index (κ2) is 13.2. The summed E-state index contributed by atoms with van der Waals surface area (Å²) in [5.41, 5.74) is 1.09. The van der Waals surface area contributed by atoms with Crippen molar-refractivity contribution in [3.8, 4) is 5.75 Å². The smallest absolute Gasteiger partial charge is 0.183 e. The summed E-state index contributed by atoms with van der Waals surface area (Å²) in [6.45, 7) is 6.92. The summed E-state index contributed by atoms with van der Waals surface area (Å²) >= 11 is 0. The summed E-state index contributed by atoms with van der Waals surface area (Å²) in [4.78, 5) is 0. The van der Waals surface area contributed by atoms with E-state index in [4.69, 9.17) is 14.2 Å². The van der Waals surface area contributed by atoms with Gasteiger partial charge in [-0.2, -0.15) is 0 Å². The molecule has 0 bridgehead atoms. The maximum absolute atomic E-state index is 5.95. The second-order valence-electron chi connectivity index (χ2n) is 7.55. The van der Waals surface area contributed by atoms with Crippen molar-refractivity contribution in [2.45, 2.75) is 84.3 Å². The van der Waals surface area contributed by atoms with Gasteiger partial charge in [0.25, 0.3) is 0 Å². The molecule has 0 radical (unpaired) electrons. The van der Waals surface area contributed by atoms with Crippen LogP contribution in [0.2, 0.25) is 0 Å². The summed E-state index contributed by atoms with van der Waals surface area (Å²) in [7, 11) is 0. The van der Waals surface area contributed by atoms with Gasteiger partial charge in [0.05, 0.1) is 19.8 Å². The Morgan fingerprint density at radius 3 is 2.08 bits per heavy atom. The van der Waals surface area contributed by atoms with Crippen molar-refractivity contribution >= 4 is 0 Å². The van der Waals surface area contributed by atoms with Gasteiger partial charge in [-0.3, -0.25) is 0 Å². The molecule has 26 heavy (non-hydrogen) atoms. The maximum Gasteiger partial charge on any atom is 0.183 e. The highest BCUT2D eigenvalue weighted by Crippen LogP contribution is 2.28. The molecule has 3 heteroatoms. The Kier molecular flexibility index (Phi) is 10.8. The van der Waals surface area contributed by atoms with Gasteiger partial charge in [0.2, 0.25) is 0 Å². The van der Waals surface area contributed by atoms with Gasteiger partial charge in [0.1, 0.15) is 5.75 Å². The predicted octanol–water partition coefficient (Wildman–Crippen LogP) is 6.67. The van der Waals surface area contributed by atoms with Crippen LogP contribution in [0, 0.1) is 5.92 Å². The first kappa shape index (κ1) is 21.2. The van der Waals surface area contributed by atoms with Gasteiger partial charge >= 0.3 is 0 Å². The molecule has 1 aliphatic rings. The fourth-order valence-electron chi connectivity index (χ4n) is 3.38. The lowest BCUT2D eigenvalue weighted by Gasteiger charge is -2.29. The highest BCUT2D eigenvalue weighted by Gasteiger charge is 2.23. The van der Waals surface area contributed by atoms with Crippen LogP contribution in [0.3, 0.4) is 0 Å². The van der Waals surface area contributed by atoms with E-state index in [1.807, 2.05) is 12.1 Å². The molecule has 0 atom stereocenters. The third-order valence-electron chi connectivity index (χ3n) is 5.10. The molecular weight excluding hydrogens is 324 g/mol. The summed E-state index contributed by atoms with van der Waals surface area (Å²) in [6.07, 6.45) is 12.6. The van der Waals surface area contributed by atoms with E-state index in [0.717, 1.165) is 37.6 Å². The number of hydrogen-bond acceptors (Lipinski definition) is 3. The number of unbranched alkanes of at least 4 members (excludes halogenated alkanes) is 7. The van der Waals surface area contributed by atoms with Crippen molar-refractivity contribution < 1.29 is 14.2 Å². The number of ether oxygens (including phenoxy) is 3. The van der Waals surface area contributed by atoms with Crippen LogP contribution in [0.1, 0.15) is 89.9 Å². The maximum atomic E-state index is 5.95. The number of hydrogen-bond donors (Lipinski definition) is 0. The second-order valence-corrected chi connectivity index (χ2v) is 7.55. The van der Waals surface area contributed by atoms with E-state index in [-0.39, 0.29) is 6.29 Å². The van der Waals surface area contributed by atoms with Crippen molar-refractivity contribution in [2.75, 3.05) is 19.8 Å². The standard InChI is InChI=1S/C23H38O3/c1-3-5-7-9-11-17-24-22-15-13-21(14-16-22)23-25-18-20(19-26-23)12-10-8-6-4-2/h13-16,20,23H,3-12,17-19H2,1-2H3. The predicted molar refractivity (Wildman–Crippen MR) is 108 cm³/mol. The molecule has 3 nitrogen and oxygen atoms in total. The summed E-state index contributed by atoms with van der Waals surface area (Å²) in [6, 6.07) is 8.20. The van der Waals surface area contributed by atoms with Crippen LogP contribution in [0.15, 0.2) is 24.3 Å². The summed E-state index contributed by atoms with van der Waals surface area (Å²) in [5, 5.41) is 0. The molecule has 0 N–H and O–H groups in total. The molecule has 0 unspecified atom stereocenters. The van der Waals surface area contributed by atoms with Gasteiger partial charge in [-0.25, -0.2) is 0 Å². The highest BCUT2D eigenvalue weighted by atomic mass is 16.7. The van der Waals surface area contributed by atoms with Crippen molar-refractivity contribution in [2.24, 2.45) is 5.92 Å². The first-order valence-electron chi connectivity index (χ1n) is 10.8. The topological polar surface area (TPSA) is 27.7 Å². The first-order chi connectivity index (χ1) is 12.8. The highest BCUT2D eigenvalue weighted by molar-refractivity contribution is 5.28. The molecule has 1 heterocycles. The quantitative estimate of drug-likeness (QED) is 0.367.